The van der Waals surface area contributed by atoms with Crippen LogP contribution in [0.4, 0.5) is 0 Å². The van der Waals surface area contributed by atoms with Crippen molar-refractivity contribution in [2.75, 3.05) is 26.4 Å². The predicted octanol–water partition coefficient (Wildman–Crippen LogP) is 0.742. The Morgan fingerprint density at radius 2 is 1.09 bits per heavy atom. The van der Waals surface area contributed by atoms with Crippen LogP contribution in [0.3, 0.4) is 0 Å². The second-order valence-electron chi connectivity index (χ2n) is 1.60. The van der Waals surface area contributed by atoms with Crippen molar-refractivity contribution in [3.63, 3.8) is 0 Å². The summed E-state index contributed by atoms with van der Waals surface area (Å²) >= 11 is 0. The van der Waals surface area contributed by atoms with Gasteiger partial charge >= 0.3 is 8.26 Å². The molecule has 0 bridgehead atoms. The van der Waals surface area contributed by atoms with Gasteiger partial charge in [0, 0.05) is 21.4 Å². The molecule has 1 rings (SSSR count). The molecule has 11 heavy (non-hydrogen) atoms. The summed E-state index contributed by atoms with van der Waals surface area (Å²) in [6.07, 6.45) is 0. The Bertz CT molecular complexity index is 155. The molecule has 0 aromatic heterocycles. The topological polar surface area (TPSA) is 52.6 Å². The summed E-state index contributed by atoms with van der Waals surface area (Å²) in [6.45, 7) is 3.11. The van der Waals surface area contributed by atoms with Crippen molar-refractivity contribution in [1.29, 1.82) is 0 Å². The molecule has 0 unspecified atom stereocenters. The van der Waals surface area contributed by atoms with Gasteiger partial charge in [-0.3, -0.25) is 0 Å². The molecule has 1 aliphatic rings. The fraction of sp³-hybridized carbons (Fsp3) is 1.00. The van der Waals surface area contributed by atoms with Gasteiger partial charge in [0.2, 0.25) is 0 Å². The van der Waals surface area contributed by atoms with E-state index in [1.807, 2.05) is 0 Å². The maximum atomic E-state index is 9.16. The standard InChI is InChI=1S/C4H8O2.Cl2O2S/c1-2-6-4-3-5-1;1-5(2,3)4/h1-4H2;. The van der Waals surface area contributed by atoms with E-state index < -0.39 is 8.26 Å². The fourth-order valence-corrected chi connectivity index (χ4v) is 0.440. The van der Waals surface area contributed by atoms with Crippen molar-refractivity contribution in [3.05, 3.63) is 0 Å². The van der Waals surface area contributed by atoms with Gasteiger partial charge in [0.25, 0.3) is 0 Å². The third-order valence-electron chi connectivity index (χ3n) is 0.744. The zero-order valence-electron chi connectivity index (χ0n) is 5.63. The zero-order chi connectivity index (χ0) is 8.74. The lowest BCUT2D eigenvalue weighted by molar-refractivity contribution is -0.0334. The first-order valence-electron chi connectivity index (χ1n) is 2.80. The molecule has 1 aliphatic heterocycles. The molecule has 4 nitrogen and oxygen atoms in total. The van der Waals surface area contributed by atoms with Gasteiger partial charge in [-0.25, -0.2) is 0 Å². The lowest BCUT2D eigenvalue weighted by Gasteiger charge is -2.09. The van der Waals surface area contributed by atoms with Gasteiger partial charge in [-0.2, -0.15) is 8.42 Å². The number of rotatable bonds is 0. The van der Waals surface area contributed by atoms with E-state index in [1.165, 1.54) is 0 Å². The minimum absolute atomic E-state index is 0.778. The third-order valence-corrected chi connectivity index (χ3v) is 0.744. The van der Waals surface area contributed by atoms with Crippen molar-refractivity contribution in [3.8, 4) is 0 Å². The molecule has 7 heteroatoms. The molecule has 0 aromatic rings. The molecule has 0 aromatic carbocycles. The summed E-state index contributed by atoms with van der Waals surface area (Å²) in [7, 11) is 4.81. The first-order valence-corrected chi connectivity index (χ1v) is 5.93. The molecule has 0 aliphatic carbocycles. The molecular formula is C4H8Cl2O4S. The van der Waals surface area contributed by atoms with Gasteiger partial charge in [0.15, 0.2) is 0 Å². The normalized spacial score (nSPS) is 18.4. The summed E-state index contributed by atoms with van der Waals surface area (Å²) in [4.78, 5) is 0. The first-order chi connectivity index (χ1) is 5.00. The highest BCUT2D eigenvalue weighted by Gasteiger charge is 1.94. The van der Waals surface area contributed by atoms with E-state index in [2.05, 4.69) is 21.4 Å². The van der Waals surface area contributed by atoms with Gasteiger partial charge in [0.05, 0.1) is 26.4 Å². The van der Waals surface area contributed by atoms with Crippen LogP contribution >= 0.6 is 21.4 Å². The van der Waals surface area contributed by atoms with Crippen LogP contribution in [0.5, 0.6) is 0 Å². The summed E-state index contributed by atoms with van der Waals surface area (Å²) in [6, 6.07) is 0. The van der Waals surface area contributed by atoms with Crippen LogP contribution in [0.25, 0.3) is 0 Å². The lowest BCUT2D eigenvalue weighted by atomic mass is 10.6. The Morgan fingerprint density at radius 3 is 1.18 bits per heavy atom. The molecule has 0 saturated carbocycles. The van der Waals surface area contributed by atoms with Crippen LogP contribution in [0.15, 0.2) is 0 Å². The van der Waals surface area contributed by atoms with E-state index in [1.54, 1.807) is 0 Å². The minimum atomic E-state index is -3.72. The average Bonchev–Trinajstić information content (AvgIpc) is 1.88. The van der Waals surface area contributed by atoms with Gasteiger partial charge in [-0.05, 0) is 0 Å². The van der Waals surface area contributed by atoms with Gasteiger partial charge in [0.1, 0.15) is 0 Å². The van der Waals surface area contributed by atoms with Crippen molar-refractivity contribution >= 4 is 29.6 Å². The molecule has 0 radical (unpaired) electrons. The smallest absolute Gasteiger partial charge is 0.317 e. The third kappa shape index (κ3) is 17.9. The van der Waals surface area contributed by atoms with Crippen molar-refractivity contribution in [2.24, 2.45) is 0 Å². The molecule has 1 fully saturated rings. The minimum Gasteiger partial charge on any atom is -0.377 e. The van der Waals surface area contributed by atoms with E-state index in [4.69, 9.17) is 17.9 Å². The number of halogens is 2. The molecule has 0 amide bonds. The van der Waals surface area contributed by atoms with Crippen LogP contribution in [-0.2, 0) is 17.7 Å². The monoisotopic (exact) mass is 222 g/mol. The molecule has 0 atom stereocenters. The van der Waals surface area contributed by atoms with Crippen LogP contribution in [0.1, 0.15) is 0 Å². The second kappa shape index (κ2) is 6.02. The maximum absolute atomic E-state index is 9.16. The zero-order valence-corrected chi connectivity index (χ0v) is 7.95. The van der Waals surface area contributed by atoms with Gasteiger partial charge in [-0.15, -0.1) is 0 Å². The quantitative estimate of drug-likeness (QED) is 0.568. The number of ether oxygens (including phenoxy) is 2. The molecular weight excluding hydrogens is 215 g/mol. The Morgan fingerprint density at radius 1 is 0.909 bits per heavy atom. The van der Waals surface area contributed by atoms with Crippen LogP contribution in [-0.4, -0.2) is 34.8 Å². The number of hydrogen-bond acceptors (Lipinski definition) is 4. The van der Waals surface area contributed by atoms with Crippen molar-refractivity contribution in [2.45, 2.75) is 0 Å². The Kier molecular flexibility index (Phi) is 6.27. The Hall–Kier alpha value is 0.450. The van der Waals surface area contributed by atoms with E-state index >= 15 is 0 Å². The molecule has 1 heterocycles. The number of hydrogen-bond donors (Lipinski definition) is 0. The maximum Gasteiger partial charge on any atom is 0.317 e. The largest absolute Gasteiger partial charge is 0.377 e. The molecule has 0 N–H and O–H groups in total. The SMILES string of the molecule is C1COCCO1.O=S(=O)(Cl)Cl. The highest BCUT2D eigenvalue weighted by atomic mass is 36.0. The van der Waals surface area contributed by atoms with E-state index in [0.29, 0.717) is 0 Å². The summed E-state index contributed by atoms with van der Waals surface area (Å²) < 4.78 is 28.2. The lowest BCUT2D eigenvalue weighted by Crippen LogP contribution is -2.16. The van der Waals surface area contributed by atoms with E-state index in [0.717, 1.165) is 26.4 Å². The Balaban J connectivity index is 0.000000187. The molecule has 0 spiro atoms. The second-order valence-corrected chi connectivity index (χ2v) is 5.27. The van der Waals surface area contributed by atoms with Gasteiger partial charge in [-0.1, -0.05) is 0 Å². The van der Waals surface area contributed by atoms with E-state index in [-0.39, 0.29) is 0 Å². The van der Waals surface area contributed by atoms with Crippen LogP contribution in [0, 0.1) is 0 Å². The van der Waals surface area contributed by atoms with Crippen molar-refractivity contribution in [1.82, 2.24) is 0 Å². The van der Waals surface area contributed by atoms with Crippen LogP contribution < -0.4 is 0 Å². The van der Waals surface area contributed by atoms with E-state index in [9.17, 15) is 0 Å². The predicted molar refractivity (Wildman–Crippen MR) is 42.3 cm³/mol. The van der Waals surface area contributed by atoms with Gasteiger partial charge < -0.3 is 9.47 Å². The van der Waals surface area contributed by atoms with Crippen LogP contribution in [0.2, 0.25) is 0 Å². The summed E-state index contributed by atoms with van der Waals surface area (Å²) in [5.41, 5.74) is 0. The van der Waals surface area contributed by atoms with Crippen molar-refractivity contribution < 1.29 is 17.9 Å². The highest BCUT2D eigenvalue weighted by molar-refractivity contribution is 8.31. The fourth-order valence-electron chi connectivity index (χ4n) is 0.440. The highest BCUT2D eigenvalue weighted by Crippen LogP contribution is 1.98. The first kappa shape index (κ1) is 11.4. The average molecular weight is 223 g/mol. The molecule has 1 saturated heterocycles. The summed E-state index contributed by atoms with van der Waals surface area (Å²) in [5, 5.41) is 0. The Labute approximate surface area is 74.3 Å². The summed E-state index contributed by atoms with van der Waals surface area (Å²) in [5.74, 6) is 0. The molecule has 68 valence electrons.